The van der Waals surface area contributed by atoms with Crippen LogP contribution in [-0.2, 0) is 11.2 Å². The molecule has 2 heterocycles. The predicted octanol–water partition coefficient (Wildman–Crippen LogP) is 5.42. The van der Waals surface area contributed by atoms with Crippen molar-refractivity contribution in [2.24, 2.45) is 5.73 Å². The molecule has 1 atom stereocenters. The molecule has 0 bridgehead atoms. The summed E-state index contributed by atoms with van der Waals surface area (Å²) in [5.74, 6) is 0.518. The smallest absolute Gasteiger partial charge is 0.410 e. The first-order valence-electron chi connectivity index (χ1n) is 10.4. The number of primary amides is 1. The number of likely N-dealkylation sites (tertiary alicyclic amines) is 1. The van der Waals surface area contributed by atoms with E-state index in [4.69, 9.17) is 15.5 Å². The lowest BCUT2D eigenvalue weighted by Crippen LogP contribution is -2.54. The molecular formula is C22H29BrN4O3S. The molecule has 2 aromatic rings. The molecule has 0 spiro atoms. The standard InChI is InChI=1S/C22H29BrN4O3S/c1-5-14-11-15(8-9-17(14)23)19-25-18(13-31-19)27(20(24)28)16-7-6-10-26(12-16)21(29)30-22(2,3)4/h8-9,11,13,16H,5-7,10,12H2,1-4H3,(H2,24,28)/t16-/m0/s1. The van der Waals surface area contributed by atoms with Gasteiger partial charge in [-0.2, -0.15) is 0 Å². The summed E-state index contributed by atoms with van der Waals surface area (Å²) in [4.78, 5) is 32.7. The highest BCUT2D eigenvalue weighted by Gasteiger charge is 2.33. The summed E-state index contributed by atoms with van der Waals surface area (Å²) < 4.78 is 6.57. The zero-order valence-corrected chi connectivity index (χ0v) is 20.8. The number of piperidine rings is 1. The zero-order valence-electron chi connectivity index (χ0n) is 18.4. The molecule has 1 aliphatic heterocycles. The van der Waals surface area contributed by atoms with E-state index >= 15 is 0 Å². The lowest BCUT2D eigenvalue weighted by atomic mass is 10.0. The molecule has 0 radical (unpaired) electrons. The largest absolute Gasteiger partial charge is 0.444 e. The first-order chi connectivity index (χ1) is 14.6. The number of nitrogens with two attached hydrogens (primary N) is 1. The van der Waals surface area contributed by atoms with Gasteiger partial charge in [0.2, 0.25) is 0 Å². The molecule has 1 fully saturated rings. The molecule has 31 heavy (non-hydrogen) atoms. The second-order valence-electron chi connectivity index (χ2n) is 8.60. The van der Waals surface area contributed by atoms with Crippen molar-refractivity contribution < 1.29 is 14.3 Å². The van der Waals surface area contributed by atoms with Gasteiger partial charge >= 0.3 is 12.1 Å². The molecule has 7 nitrogen and oxygen atoms in total. The summed E-state index contributed by atoms with van der Waals surface area (Å²) in [5.41, 5.74) is 7.37. The third-order valence-corrected chi connectivity index (χ3v) is 6.72. The molecule has 3 rings (SSSR count). The van der Waals surface area contributed by atoms with Gasteiger partial charge in [0, 0.05) is 28.5 Å². The Morgan fingerprint density at radius 2 is 2.13 bits per heavy atom. The lowest BCUT2D eigenvalue weighted by Gasteiger charge is -2.38. The van der Waals surface area contributed by atoms with Crippen LogP contribution in [0.25, 0.3) is 10.6 Å². The number of hydrogen-bond donors (Lipinski definition) is 1. The Morgan fingerprint density at radius 3 is 2.77 bits per heavy atom. The van der Waals surface area contributed by atoms with Gasteiger partial charge in [0.05, 0.1) is 6.04 Å². The topological polar surface area (TPSA) is 88.8 Å². The number of halogens is 1. The molecule has 0 aliphatic carbocycles. The minimum atomic E-state index is -0.571. The summed E-state index contributed by atoms with van der Waals surface area (Å²) in [6.07, 6.45) is 2.04. The first kappa shape index (κ1) is 23.5. The number of amides is 3. The molecule has 3 amide bonds. The number of urea groups is 1. The Bertz CT molecular complexity index is 956. The number of aryl methyl sites for hydroxylation is 1. The third-order valence-electron chi connectivity index (χ3n) is 5.06. The Kier molecular flexibility index (Phi) is 7.26. The van der Waals surface area contributed by atoms with E-state index in [9.17, 15) is 9.59 Å². The number of anilines is 1. The normalized spacial score (nSPS) is 16.8. The highest BCUT2D eigenvalue weighted by molar-refractivity contribution is 9.10. The van der Waals surface area contributed by atoms with Crippen LogP contribution in [0.1, 0.15) is 46.1 Å². The van der Waals surface area contributed by atoms with E-state index in [1.165, 1.54) is 21.8 Å². The van der Waals surface area contributed by atoms with Crippen molar-refractivity contribution in [1.82, 2.24) is 9.88 Å². The Morgan fingerprint density at radius 1 is 1.39 bits per heavy atom. The van der Waals surface area contributed by atoms with Crippen molar-refractivity contribution in [2.75, 3.05) is 18.0 Å². The monoisotopic (exact) mass is 508 g/mol. The average molecular weight is 509 g/mol. The molecule has 0 unspecified atom stereocenters. The summed E-state index contributed by atoms with van der Waals surface area (Å²) in [5, 5.41) is 2.67. The van der Waals surface area contributed by atoms with Crippen molar-refractivity contribution in [3.63, 3.8) is 0 Å². The van der Waals surface area contributed by atoms with Crippen molar-refractivity contribution >= 4 is 45.2 Å². The fourth-order valence-electron chi connectivity index (χ4n) is 3.62. The first-order valence-corrected chi connectivity index (χ1v) is 12.1. The van der Waals surface area contributed by atoms with Gasteiger partial charge in [-0.3, -0.25) is 4.90 Å². The number of benzene rings is 1. The second kappa shape index (κ2) is 9.56. The van der Waals surface area contributed by atoms with Crippen LogP contribution in [0.2, 0.25) is 0 Å². The maximum Gasteiger partial charge on any atom is 0.410 e. The third kappa shape index (κ3) is 5.77. The summed E-state index contributed by atoms with van der Waals surface area (Å²) in [7, 11) is 0. The van der Waals surface area contributed by atoms with Gasteiger partial charge in [0.1, 0.15) is 16.4 Å². The van der Waals surface area contributed by atoms with Gasteiger partial charge in [-0.25, -0.2) is 14.6 Å². The van der Waals surface area contributed by atoms with Crippen LogP contribution in [0.5, 0.6) is 0 Å². The fourth-order valence-corrected chi connectivity index (χ4v) is 4.94. The second-order valence-corrected chi connectivity index (χ2v) is 10.3. The van der Waals surface area contributed by atoms with Gasteiger partial charge < -0.3 is 15.4 Å². The molecule has 1 saturated heterocycles. The molecule has 1 aromatic heterocycles. The lowest BCUT2D eigenvalue weighted by molar-refractivity contribution is 0.0199. The van der Waals surface area contributed by atoms with E-state index in [0.29, 0.717) is 18.9 Å². The predicted molar refractivity (Wildman–Crippen MR) is 128 cm³/mol. The van der Waals surface area contributed by atoms with Crippen LogP contribution >= 0.6 is 27.3 Å². The summed E-state index contributed by atoms with van der Waals surface area (Å²) in [6, 6.07) is 5.31. The number of carbonyl (C=O) groups is 2. The molecule has 1 aromatic carbocycles. The van der Waals surface area contributed by atoms with Crippen molar-refractivity contribution in [1.29, 1.82) is 0 Å². The van der Waals surface area contributed by atoms with E-state index in [1.807, 2.05) is 38.3 Å². The van der Waals surface area contributed by atoms with E-state index in [1.54, 1.807) is 4.90 Å². The van der Waals surface area contributed by atoms with Gasteiger partial charge in [-0.1, -0.05) is 28.9 Å². The molecule has 168 valence electrons. The van der Waals surface area contributed by atoms with E-state index in [-0.39, 0.29) is 12.1 Å². The zero-order chi connectivity index (χ0) is 22.8. The average Bonchev–Trinajstić information content (AvgIpc) is 3.16. The van der Waals surface area contributed by atoms with Crippen LogP contribution < -0.4 is 10.6 Å². The maximum absolute atomic E-state index is 12.5. The number of carbonyl (C=O) groups excluding carboxylic acids is 2. The molecule has 9 heteroatoms. The molecular weight excluding hydrogens is 480 g/mol. The van der Waals surface area contributed by atoms with Crippen molar-refractivity contribution in [2.45, 2.75) is 58.6 Å². The van der Waals surface area contributed by atoms with Gasteiger partial charge in [0.25, 0.3) is 0 Å². The van der Waals surface area contributed by atoms with Gasteiger partial charge in [-0.15, -0.1) is 11.3 Å². The Balaban J connectivity index is 1.81. The van der Waals surface area contributed by atoms with Crippen LogP contribution in [0.15, 0.2) is 28.1 Å². The van der Waals surface area contributed by atoms with Crippen molar-refractivity contribution in [3.05, 3.63) is 33.6 Å². The van der Waals surface area contributed by atoms with Gasteiger partial charge in [0.15, 0.2) is 0 Å². The van der Waals surface area contributed by atoms with Gasteiger partial charge in [-0.05, 0) is 57.7 Å². The maximum atomic E-state index is 12.5. The Labute approximate surface area is 195 Å². The number of ether oxygens (including phenoxy) is 1. The van der Waals surface area contributed by atoms with Crippen LogP contribution in [0.4, 0.5) is 15.4 Å². The summed E-state index contributed by atoms with van der Waals surface area (Å²) >= 11 is 5.04. The van der Waals surface area contributed by atoms with Crippen LogP contribution in [0, 0.1) is 0 Å². The molecule has 2 N–H and O–H groups in total. The quantitative estimate of drug-likeness (QED) is 0.596. The minimum Gasteiger partial charge on any atom is -0.444 e. The Hall–Kier alpha value is -2.13. The molecule has 1 aliphatic rings. The fraction of sp³-hybridized carbons (Fsp3) is 0.500. The number of nitrogens with zero attached hydrogens (tertiary/aromatic N) is 3. The number of thiazole rings is 1. The van der Waals surface area contributed by atoms with E-state index < -0.39 is 11.6 Å². The molecule has 0 saturated carbocycles. The number of aromatic nitrogens is 1. The summed E-state index contributed by atoms with van der Waals surface area (Å²) in [6.45, 7) is 8.58. The van der Waals surface area contributed by atoms with E-state index in [2.05, 4.69) is 28.9 Å². The minimum absolute atomic E-state index is 0.246. The SMILES string of the molecule is CCc1cc(-c2nc(N(C(N)=O)[C@H]3CCCN(C(=O)OC(C)(C)C)C3)cs2)ccc1Br. The number of rotatable bonds is 4. The van der Waals surface area contributed by atoms with Crippen LogP contribution in [0.3, 0.4) is 0 Å². The highest BCUT2D eigenvalue weighted by Crippen LogP contribution is 2.32. The van der Waals surface area contributed by atoms with E-state index in [0.717, 1.165) is 34.3 Å². The number of hydrogen-bond acceptors (Lipinski definition) is 5. The van der Waals surface area contributed by atoms with Crippen molar-refractivity contribution in [3.8, 4) is 10.6 Å². The highest BCUT2D eigenvalue weighted by atomic mass is 79.9. The van der Waals surface area contributed by atoms with Crippen LogP contribution in [-0.4, -0.2) is 46.7 Å².